The van der Waals surface area contributed by atoms with Crippen LogP contribution in [0, 0.1) is 0 Å². The van der Waals surface area contributed by atoms with Crippen LogP contribution in [0.4, 0.5) is 10.5 Å². The van der Waals surface area contributed by atoms with Gasteiger partial charge in [-0.3, -0.25) is 4.90 Å². The molecule has 1 aromatic carbocycles. The van der Waals surface area contributed by atoms with Gasteiger partial charge in [-0.15, -0.1) is 0 Å². The zero-order chi connectivity index (χ0) is 15.1. The number of nitrogens with zero attached hydrogens (tertiary/aromatic N) is 1. The van der Waals surface area contributed by atoms with Gasteiger partial charge in [0.25, 0.3) is 0 Å². The maximum atomic E-state index is 12.0. The van der Waals surface area contributed by atoms with E-state index in [9.17, 15) is 9.59 Å². The highest BCUT2D eigenvalue weighted by atomic mass is 16.5. The summed E-state index contributed by atoms with van der Waals surface area (Å²) in [6.45, 7) is -0.324. The number of carboxylic acid groups (broad SMARTS) is 1. The molecule has 7 nitrogen and oxygen atoms in total. The number of benzene rings is 1. The Labute approximate surface area is 116 Å². The van der Waals surface area contributed by atoms with Crippen molar-refractivity contribution < 1.29 is 24.5 Å². The molecule has 0 saturated carbocycles. The van der Waals surface area contributed by atoms with Gasteiger partial charge in [-0.25, -0.2) is 9.59 Å². The predicted octanol–water partition coefficient (Wildman–Crippen LogP) is 0.677. The molecule has 1 aromatic rings. The van der Waals surface area contributed by atoms with Crippen molar-refractivity contribution in [3.8, 4) is 5.75 Å². The number of methoxy groups -OCH3 is 1. The average Bonchev–Trinajstić information content (AvgIpc) is 2.45. The summed E-state index contributed by atoms with van der Waals surface area (Å²) in [5.74, 6) is -0.694. The van der Waals surface area contributed by atoms with Crippen LogP contribution < -0.4 is 15.0 Å². The predicted molar refractivity (Wildman–Crippen MR) is 73.1 cm³/mol. The number of para-hydroxylation sites is 2. The van der Waals surface area contributed by atoms with Crippen molar-refractivity contribution in [1.29, 1.82) is 0 Å². The van der Waals surface area contributed by atoms with Crippen LogP contribution in [0.5, 0.6) is 5.75 Å². The van der Waals surface area contributed by atoms with E-state index >= 15 is 0 Å². The zero-order valence-electron chi connectivity index (χ0n) is 11.4. The number of aliphatic carboxylic acids is 1. The highest BCUT2D eigenvalue weighted by Crippen LogP contribution is 2.26. The maximum absolute atomic E-state index is 12.0. The Morgan fingerprint density at radius 3 is 2.60 bits per heavy atom. The van der Waals surface area contributed by atoms with E-state index in [1.54, 1.807) is 24.3 Å². The lowest BCUT2D eigenvalue weighted by Gasteiger charge is -2.22. The number of aliphatic hydroxyl groups excluding tert-OH is 1. The van der Waals surface area contributed by atoms with Crippen molar-refractivity contribution in [2.24, 2.45) is 0 Å². The smallest absolute Gasteiger partial charge is 0.326 e. The second-order valence-electron chi connectivity index (χ2n) is 4.08. The van der Waals surface area contributed by atoms with Gasteiger partial charge in [0.1, 0.15) is 11.8 Å². The topological polar surface area (TPSA) is 99.1 Å². The summed E-state index contributed by atoms with van der Waals surface area (Å²) in [4.78, 5) is 24.2. The summed E-state index contributed by atoms with van der Waals surface area (Å²) in [7, 11) is 2.99. The fourth-order valence-corrected chi connectivity index (χ4v) is 1.65. The largest absolute Gasteiger partial charge is 0.495 e. The van der Waals surface area contributed by atoms with E-state index in [4.69, 9.17) is 14.9 Å². The number of aliphatic hydroxyl groups is 1. The van der Waals surface area contributed by atoms with Crippen molar-refractivity contribution in [2.45, 2.75) is 12.5 Å². The van der Waals surface area contributed by atoms with Crippen LogP contribution in [0.3, 0.4) is 0 Å². The van der Waals surface area contributed by atoms with E-state index in [2.05, 4.69) is 5.32 Å². The van der Waals surface area contributed by atoms with Gasteiger partial charge in [0.2, 0.25) is 0 Å². The second kappa shape index (κ2) is 7.34. The molecular formula is C13H18N2O5. The molecule has 20 heavy (non-hydrogen) atoms. The van der Waals surface area contributed by atoms with E-state index < -0.39 is 18.0 Å². The number of carbonyl (C=O) groups is 2. The van der Waals surface area contributed by atoms with Crippen LogP contribution in [-0.4, -0.2) is 49.0 Å². The number of rotatable bonds is 6. The molecule has 0 aliphatic heterocycles. The number of hydrogen-bond donors (Lipinski definition) is 3. The SMILES string of the molecule is COc1ccccc1N(C)C(=O)N[C@@H](CCO)C(=O)O. The van der Waals surface area contributed by atoms with Crippen LogP contribution in [-0.2, 0) is 4.79 Å². The molecule has 0 saturated heterocycles. The molecule has 7 heteroatoms. The lowest BCUT2D eigenvalue weighted by Crippen LogP contribution is -2.47. The third kappa shape index (κ3) is 3.86. The zero-order valence-corrected chi connectivity index (χ0v) is 11.4. The minimum absolute atomic E-state index is 0.0547. The number of urea groups is 1. The van der Waals surface area contributed by atoms with Crippen molar-refractivity contribution in [3.63, 3.8) is 0 Å². The maximum Gasteiger partial charge on any atom is 0.326 e. The number of ether oxygens (including phenoxy) is 1. The Kier molecular flexibility index (Phi) is 5.79. The molecule has 2 amide bonds. The first-order chi connectivity index (χ1) is 9.51. The van der Waals surface area contributed by atoms with E-state index in [0.29, 0.717) is 11.4 Å². The first-order valence-corrected chi connectivity index (χ1v) is 6.02. The van der Waals surface area contributed by atoms with E-state index in [0.717, 1.165) is 0 Å². The molecule has 0 aliphatic rings. The third-order valence-corrected chi connectivity index (χ3v) is 2.76. The number of amides is 2. The van der Waals surface area contributed by atoms with Crippen molar-refractivity contribution in [3.05, 3.63) is 24.3 Å². The standard InChI is InChI=1S/C13H18N2O5/c1-15(10-5-3-4-6-11(10)20-2)13(19)14-9(7-8-16)12(17)18/h3-6,9,16H,7-8H2,1-2H3,(H,14,19)(H,17,18)/t9-/m0/s1. The monoisotopic (exact) mass is 282 g/mol. The van der Waals surface area contributed by atoms with Crippen LogP contribution in [0.1, 0.15) is 6.42 Å². The van der Waals surface area contributed by atoms with Gasteiger partial charge in [0, 0.05) is 20.1 Å². The molecule has 0 heterocycles. The highest BCUT2D eigenvalue weighted by Gasteiger charge is 2.22. The molecule has 0 fully saturated rings. The summed E-state index contributed by atoms with van der Waals surface area (Å²) < 4.78 is 5.14. The summed E-state index contributed by atoms with van der Waals surface area (Å²) in [5.41, 5.74) is 0.514. The molecular weight excluding hydrogens is 264 g/mol. The lowest BCUT2D eigenvalue weighted by molar-refractivity contribution is -0.139. The molecule has 110 valence electrons. The van der Waals surface area contributed by atoms with Gasteiger partial charge >= 0.3 is 12.0 Å². The second-order valence-corrected chi connectivity index (χ2v) is 4.08. The Morgan fingerprint density at radius 2 is 2.05 bits per heavy atom. The highest BCUT2D eigenvalue weighted by molar-refractivity contribution is 5.95. The number of nitrogens with one attached hydrogen (secondary N) is 1. The average molecular weight is 282 g/mol. The molecule has 0 aromatic heterocycles. The minimum Gasteiger partial charge on any atom is -0.495 e. The molecule has 0 unspecified atom stereocenters. The molecule has 0 radical (unpaired) electrons. The minimum atomic E-state index is -1.19. The molecule has 0 spiro atoms. The van der Waals surface area contributed by atoms with Gasteiger partial charge in [-0.2, -0.15) is 0 Å². The van der Waals surface area contributed by atoms with Gasteiger partial charge in [-0.1, -0.05) is 12.1 Å². The Morgan fingerprint density at radius 1 is 1.40 bits per heavy atom. The first-order valence-electron chi connectivity index (χ1n) is 6.02. The van der Waals surface area contributed by atoms with Crippen molar-refractivity contribution in [1.82, 2.24) is 5.32 Å². The fraction of sp³-hybridized carbons (Fsp3) is 0.385. The van der Waals surface area contributed by atoms with E-state index in [1.807, 2.05) is 0 Å². The number of carboxylic acids is 1. The quantitative estimate of drug-likeness (QED) is 0.712. The van der Waals surface area contributed by atoms with Gasteiger partial charge in [0.15, 0.2) is 0 Å². The molecule has 1 atom stereocenters. The van der Waals surface area contributed by atoms with Crippen molar-refractivity contribution >= 4 is 17.7 Å². The molecule has 0 aliphatic carbocycles. The Bertz CT molecular complexity index is 478. The van der Waals surface area contributed by atoms with Crippen LogP contribution >= 0.6 is 0 Å². The lowest BCUT2D eigenvalue weighted by atomic mass is 10.2. The third-order valence-electron chi connectivity index (χ3n) is 2.76. The van der Waals surface area contributed by atoms with Crippen LogP contribution in [0.15, 0.2) is 24.3 Å². The molecule has 0 bridgehead atoms. The summed E-state index contributed by atoms with van der Waals surface area (Å²) in [6, 6.07) is 5.16. The Balaban J connectivity index is 2.83. The van der Waals surface area contributed by atoms with Gasteiger partial charge in [0.05, 0.1) is 12.8 Å². The van der Waals surface area contributed by atoms with E-state index in [-0.39, 0.29) is 13.0 Å². The van der Waals surface area contributed by atoms with Crippen molar-refractivity contribution in [2.75, 3.05) is 25.7 Å². The first kappa shape index (κ1) is 15.8. The summed E-state index contributed by atoms with van der Waals surface area (Å²) >= 11 is 0. The molecule has 1 rings (SSSR count). The summed E-state index contributed by atoms with van der Waals surface area (Å²) in [6.07, 6.45) is -0.0547. The number of carbonyl (C=O) groups excluding carboxylic acids is 1. The van der Waals surface area contributed by atoms with E-state index in [1.165, 1.54) is 19.1 Å². The number of anilines is 1. The summed E-state index contributed by atoms with van der Waals surface area (Å²) in [5, 5.41) is 20.1. The van der Waals surface area contributed by atoms with Crippen LogP contribution in [0.2, 0.25) is 0 Å². The normalized spacial score (nSPS) is 11.6. The van der Waals surface area contributed by atoms with Gasteiger partial charge < -0.3 is 20.3 Å². The molecule has 3 N–H and O–H groups in total. The van der Waals surface area contributed by atoms with Gasteiger partial charge in [-0.05, 0) is 12.1 Å². The van der Waals surface area contributed by atoms with Crippen LogP contribution in [0.25, 0.3) is 0 Å². The number of hydrogen-bond acceptors (Lipinski definition) is 4. The fourth-order valence-electron chi connectivity index (χ4n) is 1.65. The Hall–Kier alpha value is -2.28.